The van der Waals surface area contributed by atoms with Gasteiger partial charge in [0.25, 0.3) is 0 Å². The standard InChI is InChI=1S/C15H23FN2O/c1-11-8-18(10-15(2,3)19-11)9-14(17)12-4-6-13(16)7-5-12/h4-7,11,14H,8-10,17H2,1-3H3. The van der Waals surface area contributed by atoms with Gasteiger partial charge >= 0.3 is 0 Å². The van der Waals surface area contributed by atoms with Crippen molar-refractivity contribution >= 4 is 0 Å². The van der Waals surface area contributed by atoms with Crippen molar-refractivity contribution in [1.29, 1.82) is 0 Å². The lowest BCUT2D eigenvalue weighted by Crippen LogP contribution is -2.53. The summed E-state index contributed by atoms with van der Waals surface area (Å²) in [7, 11) is 0. The summed E-state index contributed by atoms with van der Waals surface area (Å²) >= 11 is 0. The summed E-state index contributed by atoms with van der Waals surface area (Å²) in [6, 6.07) is 6.34. The molecule has 2 unspecified atom stereocenters. The molecule has 1 aliphatic rings. The molecule has 0 aromatic heterocycles. The average molecular weight is 266 g/mol. The number of rotatable bonds is 3. The summed E-state index contributed by atoms with van der Waals surface area (Å²) < 4.78 is 18.8. The number of benzene rings is 1. The molecule has 0 radical (unpaired) electrons. The Kier molecular flexibility index (Phi) is 4.23. The van der Waals surface area contributed by atoms with E-state index in [0.717, 1.165) is 25.2 Å². The van der Waals surface area contributed by atoms with Gasteiger partial charge in [-0.3, -0.25) is 4.90 Å². The molecule has 3 nitrogen and oxygen atoms in total. The van der Waals surface area contributed by atoms with E-state index < -0.39 is 0 Å². The minimum absolute atomic E-state index is 0.0956. The lowest BCUT2D eigenvalue weighted by molar-refractivity contribution is -0.129. The van der Waals surface area contributed by atoms with Crippen molar-refractivity contribution in [3.05, 3.63) is 35.6 Å². The van der Waals surface area contributed by atoms with Crippen LogP contribution in [0.4, 0.5) is 4.39 Å². The van der Waals surface area contributed by atoms with Crippen LogP contribution in [0.25, 0.3) is 0 Å². The molecule has 1 aromatic rings. The molecule has 0 bridgehead atoms. The molecular formula is C15H23FN2O. The van der Waals surface area contributed by atoms with Gasteiger partial charge in [0.2, 0.25) is 0 Å². The van der Waals surface area contributed by atoms with Crippen LogP contribution in [0.1, 0.15) is 32.4 Å². The van der Waals surface area contributed by atoms with E-state index in [2.05, 4.69) is 25.7 Å². The molecule has 1 fully saturated rings. The minimum atomic E-state index is -0.225. The third kappa shape index (κ3) is 4.00. The minimum Gasteiger partial charge on any atom is -0.370 e. The zero-order valence-electron chi connectivity index (χ0n) is 11.9. The largest absolute Gasteiger partial charge is 0.370 e. The van der Waals surface area contributed by atoms with E-state index in [4.69, 9.17) is 10.5 Å². The molecule has 1 aromatic carbocycles. The second-order valence-electron chi connectivity index (χ2n) is 6.04. The van der Waals surface area contributed by atoms with Crippen LogP contribution in [0.2, 0.25) is 0 Å². The Labute approximate surface area is 114 Å². The molecule has 0 spiro atoms. The third-order valence-corrected chi connectivity index (χ3v) is 3.39. The highest BCUT2D eigenvalue weighted by Gasteiger charge is 2.31. The SMILES string of the molecule is CC1CN(CC(N)c2ccc(F)cc2)CC(C)(C)O1. The topological polar surface area (TPSA) is 38.5 Å². The van der Waals surface area contributed by atoms with Gasteiger partial charge in [0.05, 0.1) is 11.7 Å². The summed E-state index contributed by atoms with van der Waals surface area (Å²) in [5.74, 6) is -0.225. The Bertz CT molecular complexity index is 419. The maximum absolute atomic E-state index is 12.9. The van der Waals surface area contributed by atoms with E-state index >= 15 is 0 Å². The van der Waals surface area contributed by atoms with Gasteiger partial charge in [0.15, 0.2) is 0 Å². The number of morpholine rings is 1. The number of nitrogens with two attached hydrogens (primary N) is 1. The quantitative estimate of drug-likeness (QED) is 0.912. The fourth-order valence-corrected chi connectivity index (χ4v) is 2.82. The molecule has 2 N–H and O–H groups in total. The van der Waals surface area contributed by atoms with Crippen molar-refractivity contribution < 1.29 is 9.13 Å². The molecule has 1 heterocycles. The van der Waals surface area contributed by atoms with Gasteiger partial charge in [-0.05, 0) is 38.5 Å². The summed E-state index contributed by atoms with van der Waals surface area (Å²) in [5.41, 5.74) is 7.04. The molecule has 1 saturated heterocycles. The Hall–Kier alpha value is -0.970. The monoisotopic (exact) mass is 266 g/mol. The van der Waals surface area contributed by atoms with Crippen molar-refractivity contribution in [3.8, 4) is 0 Å². The normalized spacial score (nSPS) is 25.2. The lowest BCUT2D eigenvalue weighted by Gasteiger charge is -2.42. The highest BCUT2D eigenvalue weighted by molar-refractivity contribution is 5.19. The second-order valence-corrected chi connectivity index (χ2v) is 6.04. The molecule has 0 amide bonds. The summed E-state index contributed by atoms with van der Waals surface area (Å²) in [4.78, 5) is 2.32. The Morgan fingerprint density at radius 3 is 2.63 bits per heavy atom. The summed E-state index contributed by atoms with van der Waals surface area (Å²) in [6.45, 7) is 8.79. The Morgan fingerprint density at radius 1 is 1.42 bits per heavy atom. The highest BCUT2D eigenvalue weighted by atomic mass is 19.1. The summed E-state index contributed by atoms with van der Waals surface area (Å²) in [5, 5.41) is 0. The predicted octanol–water partition coefficient (Wildman–Crippen LogP) is 2.32. The molecule has 4 heteroatoms. The maximum atomic E-state index is 12.9. The summed E-state index contributed by atoms with van der Waals surface area (Å²) in [6.07, 6.45) is 0.212. The first-order valence-electron chi connectivity index (χ1n) is 6.77. The van der Waals surface area contributed by atoms with Crippen LogP contribution >= 0.6 is 0 Å². The van der Waals surface area contributed by atoms with Crippen molar-refractivity contribution in [2.45, 2.75) is 38.5 Å². The van der Waals surface area contributed by atoms with Crippen molar-refractivity contribution in [2.24, 2.45) is 5.73 Å². The van der Waals surface area contributed by atoms with E-state index in [0.29, 0.717) is 0 Å². The molecule has 0 aliphatic carbocycles. The van der Waals surface area contributed by atoms with E-state index in [1.54, 1.807) is 12.1 Å². The first-order chi connectivity index (χ1) is 8.85. The van der Waals surface area contributed by atoms with Gasteiger partial charge in [-0.15, -0.1) is 0 Å². The second kappa shape index (κ2) is 5.57. The number of ether oxygens (including phenoxy) is 1. The number of nitrogens with zero attached hydrogens (tertiary/aromatic N) is 1. The van der Waals surface area contributed by atoms with Crippen LogP contribution in [-0.2, 0) is 4.74 Å². The first kappa shape index (κ1) is 14.4. The molecule has 2 rings (SSSR count). The van der Waals surface area contributed by atoms with Gasteiger partial charge < -0.3 is 10.5 Å². The Balaban J connectivity index is 1.98. The van der Waals surface area contributed by atoms with Crippen LogP contribution in [0, 0.1) is 5.82 Å². The van der Waals surface area contributed by atoms with E-state index in [1.807, 2.05) is 0 Å². The third-order valence-electron chi connectivity index (χ3n) is 3.39. The van der Waals surface area contributed by atoms with Gasteiger partial charge in [0.1, 0.15) is 5.82 Å². The lowest BCUT2D eigenvalue weighted by atomic mass is 10.0. The van der Waals surface area contributed by atoms with E-state index in [1.165, 1.54) is 12.1 Å². The first-order valence-corrected chi connectivity index (χ1v) is 6.77. The number of hydrogen-bond acceptors (Lipinski definition) is 3. The highest BCUT2D eigenvalue weighted by Crippen LogP contribution is 2.22. The van der Waals surface area contributed by atoms with E-state index in [-0.39, 0.29) is 23.6 Å². The zero-order chi connectivity index (χ0) is 14.0. The molecule has 2 atom stereocenters. The van der Waals surface area contributed by atoms with Gasteiger partial charge in [0, 0.05) is 25.7 Å². The molecular weight excluding hydrogens is 243 g/mol. The van der Waals surface area contributed by atoms with Crippen LogP contribution in [0.3, 0.4) is 0 Å². The zero-order valence-corrected chi connectivity index (χ0v) is 11.9. The van der Waals surface area contributed by atoms with Crippen LogP contribution in [-0.4, -0.2) is 36.2 Å². The fraction of sp³-hybridized carbons (Fsp3) is 0.600. The van der Waals surface area contributed by atoms with Gasteiger partial charge in [-0.25, -0.2) is 4.39 Å². The molecule has 19 heavy (non-hydrogen) atoms. The van der Waals surface area contributed by atoms with Crippen molar-refractivity contribution in [2.75, 3.05) is 19.6 Å². The molecule has 0 saturated carbocycles. The van der Waals surface area contributed by atoms with Crippen LogP contribution in [0.15, 0.2) is 24.3 Å². The van der Waals surface area contributed by atoms with Crippen molar-refractivity contribution in [3.63, 3.8) is 0 Å². The van der Waals surface area contributed by atoms with Crippen LogP contribution < -0.4 is 5.73 Å². The fourth-order valence-electron chi connectivity index (χ4n) is 2.82. The smallest absolute Gasteiger partial charge is 0.123 e. The van der Waals surface area contributed by atoms with E-state index in [9.17, 15) is 4.39 Å². The van der Waals surface area contributed by atoms with Crippen LogP contribution in [0.5, 0.6) is 0 Å². The predicted molar refractivity (Wildman–Crippen MR) is 74.4 cm³/mol. The number of halogens is 1. The average Bonchev–Trinajstić information content (AvgIpc) is 2.26. The Morgan fingerprint density at radius 2 is 2.05 bits per heavy atom. The maximum Gasteiger partial charge on any atom is 0.123 e. The van der Waals surface area contributed by atoms with Gasteiger partial charge in [-0.2, -0.15) is 0 Å². The number of hydrogen-bond donors (Lipinski definition) is 1. The van der Waals surface area contributed by atoms with Crippen molar-refractivity contribution in [1.82, 2.24) is 4.90 Å². The molecule has 1 aliphatic heterocycles. The molecule has 106 valence electrons. The van der Waals surface area contributed by atoms with Gasteiger partial charge in [-0.1, -0.05) is 12.1 Å².